The van der Waals surface area contributed by atoms with Crippen molar-refractivity contribution in [3.63, 3.8) is 0 Å². The number of hydrogen-bond acceptors (Lipinski definition) is 4. The molecule has 0 saturated heterocycles. The maximum Gasteiger partial charge on any atom is 0.307 e. The Balaban J connectivity index is 2.11. The number of anilines is 1. The van der Waals surface area contributed by atoms with E-state index in [1.807, 2.05) is 0 Å². The zero-order chi connectivity index (χ0) is 16.8. The molecule has 3 N–H and O–H groups in total. The lowest BCUT2D eigenvalue weighted by atomic mass is 9.78. The van der Waals surface area contributed by atoms with Crippen molar-refractivity contribution in [3.8, 4) is 11.8 Å². The van der Waals surface area contributed by atoms with E-state index in [-0.39, 0.29) is 18.0 Å². The summed E-state index contributed by atoms with van der Waals surface area (Å²) in [5, 5.41) is 20.2. The van der Waals surface area contributed by atoms with Crippen LogP contribution >= 0.6 is 0 Å². The number of pyridine rings is 1. The van der Waals surface area contributed by atoms with Crippen molar-refractivity contribution in [2.45, 2.75) is 25.7 Å². The van der Waals surface area contributed by atoms with E-state index in [1.54, 1.807) is 0 Å². The predicted octanol–water partition coefficient (Wildman–Crippen LogP) is 1.39. The number of carboxylic acids is 1. The van der Waals surface area contributed by atoms with E-state index in [2.05, 4.69) is 22.1 Å². The van der Waals surface area contributed by atoms with E-state index in [0.717, 1.165) is 12.8 Å². The van der Waals surface area contributed by atoms with Gasteiger partial charge < -0.3 is 15.5 Å². The molecule has 2 rings (SSSR count). The second-order valence-electron chi connectivity index (χ2n) is 5.32. The molecule has 1 amide bonds. The first kappa shape index (κ1) is 16.9. The van der Waals surface area contributed by atoms with Crippen LogP contribution in [0.25, 0.3) is 0 Å². The summed E-state index contributed by atoms with van der Waals surface area (Å²) in [6.45, 7) is -0.361. The Labute approximate surface area is 132 Å². The molecule has 0 radical (unpaired) electrons. The van der Waals surface area contributed by atoms with Gasteiger partial charge in [0, 0.05) is 0 Å². The largest absolute Gasteiger partial charge is 0.481 e. The summed E-state index contributed by atoms with van der Waals surface area (Å²) in [6, 6.07) is 2.73. The average molecular weight is 320 g/mol. The van der Waals surface area contributed by atoms with E-state index in [0.29, 0.717) is 12.8 Å². The number of aliphatic carboxylic acids is 1. The average Bonchev–Trinajstić information content (AvgIpc) is 2.55. The van der Waals surface area contributed by atoms with Crippen LogP contribution in [0.4, 0.5) is 10.1 Å². The van der Waals surface area contributed by atoms with Crippen molar-refractivity contribution >= 4 is 17.6 Å². The number of nitrogens with one attached hydrogen (secondary N) is 1. The third kappa shape index (κ3) is 4.27. The minimum Gasteiger partial charge on any atom is -0.481 e. The molecule has 6 nitrogen and oxygen atoms in total. The molecule has 122 valence electrons. The zero-order valence-corrected chi connectivity index (χ0v) is 12.4. The van der Waals surface area contributed by atoms with Gasteiger partial charge in [-0.3, -0.25) is 9.59 Å². The Morgan fingerprint density at radius 3 is 2.61 bits per heavy atom. The Kier molecular flexibility index (Phi) is 5.66. The summed E-state index contributed by atoms with van der Waals surface area (Å²) in [7, 11) is 0. The van der Waals surface area contributed by atoms with E-state index in [1.165, 1.54) is 12.1 Å². The molecular formula is C16H17FN2O4. The molecule has 1 fully saturated rings. The molecule has 1 heterocycles. The fourth-order valence-electron chi connectivity index (χ4n) is 2.69. The topological polar surface area (TPSA) is 99.5 Å². The van der Waals surface area contributed by atoms with Crippen molar-refractivity contribution in [3.05, 3.63) is 23.8 Å². The summed E-state index contributed by atoms with van der Waals surface area (Å²) < 4.78 is 13.9. The molecule has 1 aliphatic carbocycles. The van der Waals surface area contributed by atoms with Crippen LogP contribution in [0.5, 0.6) is 0 Å². The number of amides is 1. The summed E-state index contributed by atoms with van der Waals surface area (Å²) in [4.78, 5) is 27.1. The molecule has 0 unspecified atom stereocenters. The van der Waals surface area contributed by atoms with Gasteiger partial charge in [-0.05, 0) is 30.9 Å². The third-order valence-electron chi connectivity index (χ3n) is 3.82. The summed E-state index contributed by atoms with van der Waals surface area (Å²) in [5.74, 6) is 0.986. The Morgan fingerprint density at radius 2 is 2.00 bits per heavy atom. The number of carbonyl (C=O) groups is 2. The SMILES string of the molecule is O=C(O)[C@H]1CCCC[C@@H]1C(=O)Nc1ccc(C#CCO)nc1F. The van der Waals surface area contributed by atoms with Crippen molar-refractivity contribution in [2.75, 3.05) is 11.9 Å². The van der Waals surface area contributed by atoms with Gasteiger partial charge in [-0.2, -0.15) is 4.39 Å². The van der Waals surface area contributed by atoms with Gasteiger partial charge >= 0.3 is 5.97 Å². The molecule has 0 spiro atoms. The number of aromatic nitrogens is 1. The lowest BCUT2D eigenvalue weighted by Crippen LogP contribution is -2.36. The number of rotatable bonds is 3. The van der Waals surface area contributed by atoms with Gasteiger partial charge in [0.15, 0.2) is 0 Å². The van der Waals surface area contributed by atoms with Gasteiger partial charge in [-0.25, -0.2) is 4.98 Å². The molecule has 7 heteroatoms. The summed E-state index contributed by atoms with van der Waals surface area (Å²) in [5.41, 5.74) is 0.0230. The molecule has 1 saturated carbocycles. The maximum atomic E-state index is 13.9. The van der Waals surface area contributed by atoms with Crippen LogP contribution in [0.3, 0.4) is 0 Å². The summed E-state index contributed by atoms with van der Waals surface area (Å²) >= 11 is 0. The first-order chi connectivity index (χ1) is 11.0. The van der Waals surface area contributed by atoms with E-state index in [9.17, 15) is 19.1 Å². The smallest absolute Gasteiger partial charge is 0.307 e. The molecule has 1 aliphatic rings. The lowest BCUT2D eigenvalue weighted by Gasteiger charge is -2.27. The highest BCUT2D eigenvalue weighted by Crippen LogP contribution is 2.31. The Hall–Kier alpha value is -2.46. The quantitative estimate of drug-likeness (QED) is 0.577. The minimum absolute atomic E-state index is 0.112. The zero-order valence-electron chi connectivity index (χ0n) is 12.4. The fourth-order valence-corrected chi connectivity index (χ4v) is 2.69. The number of carboxylic acid groups (broad SMARTS) is 1. The molecule has 23 heavy (non-hydrogen) atoms. The van der Waals surface area contributed by atoms with Crippen LogP contribution in [0.2, 0.25) is 0 Å². The van der Waals surface area contributed by atoms with Crippen LogP contribution in [-0.4, -0.2) is 33.7 Å². The molecule has 1 aromatic rings. The minimum atomic E-state index is -1.00. The molecule has 0 bridgehead atoms. The van der Waals surface area contributed by atoms with Crippen LogP contribution < -0.4 is 5.32 Å². The molecule has 0 aliphatic heterocycles. The van der Waals surface area contributed by atoms with Crippen molar-refractivity contribution in [1.29, 1.82) is 0 Å². The lowest BCUT2D eigenvalue weighted by molar-refractivity contribution is -0.147. The highest BCUT2D eigenvalue weighted by Gasteiger charge is 2.35. The van der Waals surface area contributed by atoms with Crippen molar-refractivity contribution in [1.82, 2.24) is 4.98 Å². The van der Waals surface area contributed by atoms with Gasteiger partial charge in [0.05, 0.1) is 17.5 Å². The predicted molar refractivity (Wildman–Crippen MR) is 79.9 cm³/mol. The number of hydrogen-bond donors (Lipinski definition) is 3. The standard InChI is InChI=1S/C16H17FN2O4/c17-14-13(8-7-10(18-14)4-3-9-20)19-15(21)11-5-1-2-6-12(11)16(22)23/h7-8,11-12,20H,1-2,5-6,9H2,(H,19,21)(H,22,23)/t11-,12-/m0/s1. The van der Waals surface area contributed by atoms with Crippen molar-refractivity contribution in [2.24, 2.45) is 11.8 Å². The van der Waals surface area contributed by atoms with Gasteiger partial charge in [0.25, 0.3) is 0 Å². The Morgan fingerprint density at radius 1 is 1.30 bits per heavy atom. The highest BCUT2D eigenvalue weighted by atomic mass is 19.1. The van der Waals surface area contributed by atoms with Gasteiger partial charge in [0.1, 0.15) is 12.3 Å². The van der Waals surface area contributed by atoms with Crippen LogP contribution in [-0.2, 0) is 9.59 Å². The monoisotopic (exact) mass is 320 g/mol. The highest BCUT2D eigenvalue weighted by molar-refractivity contribution is 5.95. The third-order valence-corrected chi connectivity index (χ3v) is 3.82. The number of halogens is 1. The van der Waals surface area contributed by atoms with Gasteiger partial charge in [-0.1, -0.05) is 18.8 Å². The maximum absolute atomic E-state index is 13.9. The molecule has 2 atom stereocenters. The Bertz CT molecular complexity index is 666. The number of carbonyl (C=O) groups excluding carboxylic acids is 1. The number of nitrogens with zero attached hydrogens (tertiary/aromatic N) is 1. The molecule has 0 aromatic carbocycles. The summed E-state index contributed by atoms with van der Waals surface area (Å²) in [6.07, 6.45) is 2.47. The number of aliphatic hydroxyl groups is 1. The van der Waals surface area contributed by atoms with E-state index in [4.69, 9.17) is 5.11 Å². The second kappa shape index (κ2) is 7.70. The van der Waals surface area contributed by atoms with Gasteiger partial charge in [0.2, 0.25) is 11.9 Å². The fraction of sp³-hybridized carbons (Fsp3) is 0.438. The second-order valence-corrected chi connectivity index (χ2v) is 5.32. The first-order valence-electron chi connectivity index (χ1n) is 7.33. The molecule has 1 aromatic heterocycles. The van der Waals surface area contributed by atoms with E-state index < -0.39 is 29.7 Å². The van der Waals surface area contributed by atoms with E-state index >= 15 is 0 Å². The van der Waals surface area contributed by atoms with Crippen LogP contribution in [0.1, 0.15) is 31.4 Å². The van der Waals surface area contributed by atoms with Gasteiger partial charge in [-0.15, -0.1) is 0 Å². The van der Waals surface area contributed by atoms with Crippen LogP contribution in [0.15, 0.2) is 12.1 Å². The first-order valence-corrected chi connectivity index (χ1v) is 7.33. The number of aliphatic hydroxyl groups excluding tert-OH is 1. The van der Waals surface area contributed by atoms with Crippen LogP contribution in [0, 0.1) is 29.6 Å². The normalized spacial score (nSPS) is 20.3. The molecular weight excluding hydrogens is 303 g/mol. The van der Waals surface area contributed by atoms with Crippen molar-refractivity contribution < 1.29 is 24.2 Å².